The Morgan fingerprint density at radius 2 is 2.05 bits per heavy atom. The van der Waals surface area contributed by atoms with Gasteiger partial charge in [0, 0.05) is 16.1 Å². The zero-order valence-corrected chi connectivity index (χ0v) is 15.1. The van der Waals surface area contributed by atoms with Gasteiger partial charge in [-0.15, -0.1) is 24.0 Å². The van der Waals surface area contributed by atoms with Gasteiger partial charge < -0.3 is 15.8 Å². The monoisotopic (exact) mass is 433 g/mol. The van der Waals surface area contributed by atoms with E-state index in [0.29, 0.717) is 10.6 Å². The van der Waals surface area contributed by atoms with Crippen molar-refractivity contribution in [3.05, 3.63) is 28.8 Å². The van der Waals surface area contributed by atoms with Crippen molar-refractivity contribution >= 4 is 41.5 Å². The largest absolute Gasteiger partial charge is 0.434 e. The Labute approximate surface area is 145 Å². The molecule has 4 nitrogen and oxygen atoms in total. The van der Waals surface area contributed by atoms with Gasteiger partial charge in [0.2, 0.25) is 0 Å². The number of guanidine groups is 1. The molecule has 0 radical (unpaired) electrons. The Balaban J connectivity index is 0.00000400. The normalized spacial score (nSPS) is 12.0. The highest BCUT2D eigenvalue weighted by atomic mass is 127. The summed E-state index contributed by atoms with van der Waals surface area (Å²) >= 11 is 5.84. The van der Waals surface area contributed by atoms with Crippen LogP contribution in [0.1, 0.15) is 26.3 Å². The zero-order valence-electron chi connectivity index (χ0n) is 12.0. The minimum absolute atomic E-state index is 0. The van der Waals surface area contributed by atoms with Crippen molar-refractivity contribution in [2.75, 3.05) is 0 Å². The molecule has 0 saturated heterocycles. The lowest BCUT2D eigenvalue weighted by Crippen LogP contribution is -2.44. The fraction of sp³-hybridized carbons (Fsp3) is 0.462. The predicted molar refractivity (Wildman–Crippen MR) is 91.7 cm³/mol. The van der Waals surface area contributed by atoms with Crippen molar-refractivity contribution in [3.63, 3.8) is 0 Å². The number of aliphatic imine (C=N–C) groups is 1. The lowest BCUT2D eigenvalue weighted by molar-refractivity contribution is -0.0504. The molecule has 0 spiro atoms. The van der Waals surface area contributed by atoms with E-state index in [1.807, 2.05) is 20.8 Å². The number of nitrogens with two attached hydrogens (primary N) is 1. The molecule has 0 saturated carbocycles. The van der Waals surface area contributed by atoms with Gasteiger partial charge in [-0.25, -0.2) is 4.99 Å². The second-order valence-corrected chi connectivity index (χ2v) is 5.64. The first-order valence-corrected chi connectivity index (χ1v) is 6.36. The molecule has 3 N–H and O–H groups in total. The SMILES string of the molecule is CC(C)(C)NC(N)=NCc1cc(Cl)ccc1OC(F)F.I. The summed E-state index contributed by atoms with van der Waals surface area (Å²) in [6.07, 6.45) is 0. The Bertz CT molecular complexity index is 493. The maximum Gasteiger partial charge on any atom is 0.387 e. The number of nitrogens with one attached hydrogen (secondary N) is 1. The van der Waals surface area contributed by atoms with Crippen LogP contribution in [0.3, 0.4) is 0 Å². The van der Waals surface area contributed by atoms with E-state index in [1.54, 1.807) is 0 Å². The molecule has 0 unspecified atom stereocenters. The lowest BCUT2D eigenvalue weighted by Gasteiger charge is -2.21. The van der Waals surface area contributed by atoms with Gasteiger partial charge in [-0.3, -0.25) is 0 Å². The van der Waals surface area contributed by atoms with Crippen LogP contribution in [0.4, 0.5) is 8.78 Å². The third-order valence-corrected chi connectivity index (χ3v) is 2.40. The lowest BCUT2D eigenvalue weighted by atomic mass is 10.1. The van der Waals surface area contributed by atoms with Gasteiger partial charge in [0.05, 0.1) is 6.54 Å². The van der Waals surface area contributed by atoms with E-state index in [4.69, 9.17) is 17.3 Å². The summed E-state index contributed by atoms with van der Waals surface area (Å²) in [5.41, 5.74) is 5.92. The highest BCUT2D eigenvalue weighted by molar-refractivity contribution is 14.0. The molecule has 1 aromatic carbocycles. The standard InChI is InChI=1S/C13H18ClF2N3O.HI/c1-13(2,3)19-12(17)18-7-8-6-9(14)4-5-10(8)20-11(15)16;/h4-6,11H,7H2,1-3H3,(H3,17,18,19);1H. The van der Waals surface area contributed by atoms with Crippen LogP contribution in [0.2, 0.25) is 5.02 Å². The predicted octanol–water partition coefficient (Wildman–Crippen LogP) is 3.76. The molecule has 0 aliphatic rings. The van der Waals surface area contributed by atoms with Gasteiger partial charge in [0.1, 0.15) is 5.75 Å². The number of hydrogen-bond donors (Lipinski definition) is 2. The van der Waals surface area contributed by atoms with Crippen molar-refractivity contribution in [1.82, 2.24) is 5.32 Å². The first-order chi connectivity index (χ1) is 9.17. The minimum Gasteiger partial charge on any atom is -0.434 e. The molecule has 0 bridgehead atoms. The highest BCUT2D eigenvalue weighted by Gasteiger charge is 2.12. The molecule has 1 aromatic rings. The Morgan fingerprint density at radius 1 is 1.43 bits per heavy atom. The van der Waals surface area contributed by atoms with E-state index in [1.165, 1.54) is 18.2 Å². The second kappa shape index (κ2) is 8.57. The van der Waals surface area contributed by atoms with Crippen molar-refractivity contribution in [1.29, 1.82) is 0 Å². The molecular weight excluding hydrogens is 415 g/mol. The third kappa shape index (κ3) is 8.25. The van der Waals surface area contributed by atoms with Gasteiger partial charge in [-0.1, -0.05) is 11.6 Å². The van der Waals surface area contributed by atoms with Crippen molar-refractivity contribution in [3.8, 4) is 5.75 Å². The first kappa shape index (κ1) is 20.2. The zero-order chi connectivity index (χ0) is 15.3. The van der Waals surface area contributed by atoms with Crippen LogP contribution in [0.25, 0.3) is 0 Å². The maximum atomic E-state index is 12.3. The quantitative estimate of drug-likeness (QED) is 0.432. The van der Waals surface area contributed by atoms with Crippen LogP contribution < -0.4 is 15.8 Å². The fourth-order valence-electron chi connectivity index (χ4n) is 1.48. The summed E-state index contributed by atoms with van der Waals surface area (Å²) in [6.45, 7) is 2.99. The summed E-state index contributed by atoms with van der Waals surface area (Å²) in [5.74, 6) is 0.261. The van der Waals surface area contributed by atoms with Crippen LogP contribution in [0, 0.1) is 0 Å². The number of alkyl halides is 2. The molecule has 120 valence electrons. The van der Waals surface area contributed by atoms with E-state index in [2.05, 4.69) is 15.0 Å². The molecule has 0 aliphatic heterocycles. The van der Waals surface area contributed by atoms with E-state index in [0.717, 1.165) is 0 Å². The second-order valence-electron chi connectivity index (χ2n) is 5.21. The summed E-state index contributed by atoms with van der Waals surface area (Å²) in [6, 6.07) is 4.38. The summed E-state index contributed by atoms with van der Waals surface area (Å²) in [5, 5.41) is 3.39. The fourth-order valence-corrected chi connectivity index (χ4v) is 1.67. The topological polar surface area (TPSA) is 59.6 Å². The maximum absolute atomic E-state index is 12.3. The van der Waals surface area contributed by atoms with E-state index >= 15 is 0 Å². The van der Waals surface area contributed by atoms with E-state index in [9.17, 15) is 8.78 Å². The minimum atomic E-state index is -2.90. The molecule has 0 aliphatic carbocycles. The van der Waals surface area contributed by atoms with Crippen molar-refractivity contribution in [2.45, 2.75) is 39.5 Å². The van der Waals surface area contributed by atoms with E-state index < -0.39 is 6.61 Å². The van der Waals surface area contributed by atoms with Gasteiger partial charge in [-0.2, -0.15) is 8.78 Å². The van der Waals surface area contributed by atoms with Gasteiger partial charge in [0.15, 0.2) is 5.96 Å². The molecule has 21 heavy (non-hydrogen) atoms. The summed E-state index contributed by atoms with van der Waals surface area (Å²) in [7, 11) is 0. The summed E-state index contributed by atoms with van der Waals surface area (Å²) < 4.78 is 29.0. The Kier molecular flexibility index (Phi) is 8.23. The molecular formula is C13H19ClF2IN3O. The molecule has 0 fully saturated rings. The first-order valence-electron chi connectivity index (χ1n) is 5.99. The van der Waals surface area contributed by atoms with Gasteiger partial charge >= 0.3 is 6.61 Å². The molecule has 1 rings (SSSR count). The number of hydrogen-bond acceptors (Lipinski definition) is 2. The Hall–Kier alpha value is -0.830. The number of rotatable bonds is 4. The van der Waals surface area contributed by atoms with Crippen molar-refractivity contribution < 1.29 is 13.5 Å². The number of ether oxygens (including phenoxy) is 1. The van der Waals surface area contributed by atoms with Crippen LogP contribution in [-0.4, -0.2) is 18.1 Å². The molecule has 0 heterocycles. The summed E-state index contributed by atoms with van der Waals surface area (Å²) in [4.78, 5) is 4.09. The molecule has 0 atom stereocenters. The molecule has 0 amide bonds. The number of benzene rings is 1. The van der Waals surface area contributed by atoms with Crippen LogP contribution in [0.5, 0.6) is 5.75 Å². The van der Waals surface area contributed by atoms with Gasteiger partial charge in [0.25, 0.3) is 0 Å². The van der Waals surface area contributed by atoms with Gasteiger partial charge in [-0.05, 0) is 39.0 Å². The van der Waals surface area contributed by atoms with E-state index in [-0.39, 0.29) is 47.8 Å². The third-order valence-electron chi connectivity index (χ3n) is 2.16. The smallest absolute Gasteiger partial charge is 0.387 e. The number of halogens is 4. The molecule has 0 aromatic heterocycles. The highest BCUT2D eigenvalue weighted by Crippen LogP contribution is 2.25. The van der Waals surface area contributed by atoms with Crippen LogP contribution >= 0.6 is 35.6 Å². The average Bonchev–Trinajstić information content (AvgIpc) is 2.26. The Morgan fingerprint density at radius 3 is 2.57 bits per heavy atom. The molecule has 8 heteroatoms. The average molecular weight is 434 g/mol. The van der Waals surface area contributed by atoms with Crippen LogP contribution in [-0.2, 0) is 6.54 Å². The van der Waals surface area contributed by atoms with Crippen molar-refractivity contribution in [2.24, 2.45) is 10.7 Å². The van der Waals surface area contributed by atoms with Crippen LogP contribution in [0.15, 0.2) is 23.2 Å². The number of nitrogens with zero attached hydrogens (tertiary/aromatic N) is 1.